The highest BCUT2D eigenvalue weighted by atomic mass is 32.1. The van der Waals surface area contributed by atoms with Gasteiger partial charge < -0.3 is 9.80 Å². The first-order valence-electron chi connectivity index (χ1n) is 13.2. The molecule has 2 atom stereocenters. The van der Waals surface area contributed by atoms with Crippen molar-refractivity contribution < 1.29 is 9.59 Å². The predicted molar refractivity (Wildman–Crippen MR) is 148 cm³/mol. The molecule has 190 valence electrons. The Morgan fingerprint density at radius 1 is 1.03 bits per heavy atom. The summed E-state index contributed by atoms with van der Waals surface area (Å²) < 4.78 is 0. The molecule has 2 amide bonds. The number of rotatable bonds is 9. The summed E-state index contributed by atoms with van der Waals surface area (Å²) in [4.78, 5) is 33.0. The van der Waals surface area contributed by atoms with Gasteiger partial charge in [-0.15, -0.1) is 11.3 Å². The van der Waals surface area contributed by atoms with Crippen LogP contribution in [0.15, 0.2) is 66.0 Å². The molecule has 4 nitrogen and oxygen atoms in total. The van der Waals surface area contributed by atoms with Gasteiger partial charge in [0.05, 0.1) is 18.5 Å². The summed E-state index contributed by atoms with van der Waals surface area (Å²) in [6, 6.07) is 20.4. The van der Waals surface area contributed by atoms with Gasteiger partial charge in [-0.25, -0.2) is 0 Å². The monoisotopic (exact) mass is 502 g/mol. The van der Waals surface area contributed by atoms with Gasteiger partial charge in [0.25, 0.3) is 0 Å². The van der Waals surface area contributed by atoms with Crippen LogP contribution in [0.2, 0.25) is 0 Å². The Balaban J connectivity index is 1.62. The van der Waals surface area contributed by atoms with Gasteiger partial charge in [-0.2, -0.15) is 0 Å². The Kier molecular flexibility index (Phi) is 8.63. The van der Waals surface area contributed by atoms with Crippen molar-refractivity contribution in [2.45, 2.75) is 58.9 Å². The van der Waals surface area contributed by atoms with E-state index < -0.39 is 0 Å². The minimum Gasteiger partial charge on any atom is -0.333 e. The summed E-state index contributed by atoms with van der Waals surface area (Å²) in [5.74, 6) is 0.303. The Hall–Kier alpha value is -2.92. The van der Waals surface area contributed by atoms with Crippen molar-refractivity contribution in [2.24, 2.45) is 5.92 Å². The number of fused-ring (bicyclic) bond motifs is 1. The number of benzene rings is 2. The number of hydrogen-bond acceptors (Lipinski definition) is 3. The van der Waals surface area contributed by atoms with Gasteiger partial charge in [-0.3, -0.25) is 9.59 Å². The maximum Gasteiger partial charge on any atom is 0.242 e. The van der Waals surface area contributed by atoms with E-state index >= 15 is 0 Å². The van der Waals surface area contributed by atoms with Crippen molar-refractivity contribution in [1.82, 2.24) is 9.80 Å². The van der Waals surface area contributed by atoms with Crippen molar-refractivity contribution in [2.75, 3.05) is 19.6 Å². The molecular formula is C31H38N2O2S. The largest absolute Gasteiger partial charge is 0.333 e. The van der Waals surface area contributed by atoms with Gasteiger partial charge in [0, 0.05) is 18.0 Å². The standard InChI is InChI=1S/C31H38N2O2S/c1-5-25(24-12-7-6-8-13-24)31(35)32(18-15-22(2)3)21-29(34)33-19-16-28-27(17-20-36-28)30(33)26-14-10-9-11-23(26)4/h6-14,17,20,22,25,30H,5,15-16,18-19,21H2,1-4H3. The smallest absolute Gasteiger partial charge is 0.242 e. The molecule has 5 heteroatoms. The SMILES string of the molecule is CCC(C(=O)N(CCC(C)C)CC(=O)N1CCc2sccc2C1c1ccccc1C)c1ccccc1. The molecule has 1 aromatic heterocycles. The molecule has 0 fully saturated rings. The number of nitrogens with zero attached hydrogens (tertiary/aromatic N) is 2. The third-order valence-corrected chi connectivity index (χ3v) is 8.29. The van der Waals surface area contributed by atoms with Crippen LogP contribution in [0, 0.1) is 12.8 Å². The third kappa shape index (κ3) is 5.73. The van der Waals surface area contributed by atoms with Crippen LogP contribution >= 0.6 is 11.3 Å². The van der Waals surface area contributed by atoms with E-state index in [9.17, 15) is 9.59 Å². The second-order valence-electron chi connectivity index (χ2n) is 10.2. The first-order valence-corrected chi connectivity index (χ1v) is 14.0. The van der Waals surface area contributed by atoms with Gasteiger partial charge in [-0.1, -0.05) is 75.4 Å². The fraction of sp³-hybridized carbons (Fsp3) is 0.419. The molecule has 1 aliphatic heterocycles. The minimum atomic E-state index is -0.233. The Bertz CT molecular complexity index is 1170. The van der Waals surface area contributed by atoms with Crippen LogP contribution in [0.3, 0.4) is 0 Å². The fourth-order valence-corrected chi connectivity index (χ4v) is 6.11. The summed E-state index contributed by atoms with van der Waals surface area (Å²) in [5, 5.41) is 2.13. The molecule has 2 aromatic carbocycles. The molecule has 0 saturated heterocycles. The van der Waals surface area contributed by atoms with Crippen LogP contribution in [-0.2, 0) is 16.0 Å². The van der Waals surface area contributed by atoms with Crippen molar-refractivity contribution in [1.29, 1.82) is 0 Å². The van der Waals surface area contributed by atoms with E-state index in [1.54, 1.807) is 11.3 Å². The number of aryl methyl sites for hydroxylation is 1. The molecular weight excluding hydrogens is 464 g/mol. The summed E-state index contributed by atoms with van der Waals surface area (Å²) in [6.07, 6.45) is 2.45. The molecule has 0 N–H and O–H groups in total. The van der Waals surface area contributed by atoms with E-state index in [0.29, 0.717) is 25.4 Å². The summed E-state index contributed by atoms with van der Waals surface area (Å²) in [6.45, 7) is 9.88. The van der Waals surface area contributed by atoms with Crippen LogP contribution in [0.4, 0.5) is 0 Å². The summed E-state index contributed by atoms with van der Waals surface area (Å²) in [7, 11) is 0. The average molecular weight is 503 g/mol. The fourth-order valence-electron chi connectivity index (χ4n) is 5.21. The predicted octanol–water partition coefficient (Wildman–Crippen LogP) is 6.60. The number of thiophene rings is 1. The lowest BCUT2D eigenvalue weighted by Crippen LogP contribution is -2.48. The van der Waals surface area contributed by atoms with Crippen molar-refractivity contribution in [3.8, 4) is 0 Å². The highest BCUT2D eigenvalue weighted by molar-refractivity contribution is 7.10. The van der Waals surface area contributed by atoms with Gasteiger partial charge in [0.15, 0.2) is 0 Å². The maximum absolute atomic E-state index is 14.0. The van der Waals surface area contributed by atoms with Gasteiger partial charge in [-0.05, 0) is 65.8 Å². The van der Waals surface area contributed by atoms with Crippen LogP contribution < -0.4 is 0 Å². The maximum atomic E-state index is 14.0. The Morgan fingerprint density at radius 2 is 1.75 bits per heavy atom. The zero-order valence-electron chi connectivity index (χ0n) is 21.9. The third-order valence-electron chi connectivity index (χ3n) is 7.29. The number of hydrogen-bond donors (Lipinski definition) is 0. The summed E-state index contributed by atoms with van der Waals surface area (Å²) >= 11 is 1.78. The van der Waals surface area contributed by atoms with E-state index in [2.05, 4.69) is 57.3 Å². The van der Waals surface area contributed by atoms with E-state index in [4.69, 9.17) is 0 Å². The lowest BCUT2D eigenvalue weighted by atomic mass is 9.90. The van der Waals surface area contributed by atoms with Crippen molar-refractivity contribution >= 4 is 23.2 Å². The lowest BCUT2D eigenvalue weighted by Gasteiger charge is -2.38. The highest BCUT2D eigenvalue weighted by Crippen LogP contribution is 2.39. The molecule has 4 rings (SSSR count). The lowest BCUT2D eigenvalue weighted by molar-refractivity contribution is -0.142. The Labute approximate surface area is 219 Å². The normalized spacial score (nSPS) is 16.0. The second-order valence-corrected chi connectivity index (χ2v) is 11.2. The molecule has 2 unspecified atom stereocenters. The van der Waals surface area contributed by atoms with E-state index in [1.165, 1.54) is 21.6 Å². The van der Waals surface area contributed by atoms with E-state index in [0.717, 1.165) is 18.4 Å². The van der Waals surface area contributed by atoms with Crippen LogP contribution in [0.5, 0.6) is 0 Å². The van der Waals surface area contributed by atoms with Crippen molar-refractivity contribution in [3.05, 3.63) is 93.2 Å². The summed E-state index contributed by atoms with van der Waals surface area (Å²) in [5.41, 5.74) is 4.60. The van der Waals surface area contributed by atoms with Gasteiger partial charge >= 0.3 is 0 Å². The van der Waals surface area contributed by atoms with Crippen LogP contribution in [0.25, 0.3) is 0 Å². The zero-order valence-corrected chi connectivity index (χ0v) is 22.8. The Morgan fingerprint density at radius 3 is 2.44 bits per heavy atom. The molecule has 1 aliphatic rings. The minimum absolute atomic E-state index is 0.0279. The van der Waals surface area contributed by atoms with E-state index in [1.807, 2.05) is 46.2 Å². The van der Waals surface area contributed by atoms with Crippen LogP contribution in [-0.4, -0.2) is 41.2 Å². The molecule has 0 radical (unpaired) electrons. The second kappa shape index (κ2) is 11.9. The van der Waals surface area contributed by atoms with E-state index in [-0.39, 0.29) is 30.3 Å². The number of carbonyl (C=O) groups excluding carboxylic acids is 2. The van der Waals surface area contributed by atoms with Crippen LogP contribution in [0.1, 0.15) is 72.7 Å². The molecule has 0 bridgehead atoms. The number of amides is 2. The quantitative estimate of drug-likeness (QED) is 0.331. The zero-order chi connectivity index (χ0) is 25.7. The highest BCUT2D eigenvalue weighted by Gasteiger charge is 2.35. The molecule has 3 aromatic rings. The topological polar surface area (TPSA) is 40.6 Å². The van der Waals surface area contributed by atoms with Crippen molar-refractivity contribution in [3.63, 3.8) is 0 Å². The number of carbonyl (C=O) groups is 2. The molecule has 0 spiro atoms. The molecule has 2 heterocycles. The molecule has 36 heavy (non-hydrogen) atoms. The first-order chi connectivity index (χ1) is 17.4. The average Bonchev–Trinajstić information content (AvgIpc) is 3.36. The van der Waals surface area contributed by atoms with Gasteiger partial charge in [0.2, 0.25) is 11.8 Å². The molecule has 0 aliphatic carbocycles. The van der Waals surface area contributed by atoms with Gasteiger partial charge in [0.1, 0.15) is 0 Å². The first kappa shape index (κ1) is 26.2. The molecule has 0 saturated carbocycles.